The Kier molecular flexibility index (Phi) is 4.05. The molecule has 0 aliphatic carbocycles. The maximum atomic E-state index is 12.1. The first-order chi connectivity index (χ1) is 9.82. The van der Waals surface area contributed by atoms with Crippen molar-refractivity contribution in [2.45, 2.75) is 31.8 Å². The van der Waals surface area contributed by atoms with Crippen LogP contribution in [0, 0.1) is 12.8 Å². The minimum atomic E-state index is -0.926. The van der Waals surface area contributed by atoms with Crippen LogP contribution in [0.5, 0.6) is 0 Å². The van der Waals surface area contributed by atoms with E-state index in [0.29, 0.717) is 0 Å². The predicted molar refractivity (Wildman–Crippen MR) is 77.8 cm³/mol. The number of benzene rings is 1. The van der Waals surface area contributed by atoms with Crippen LogP contribution in [0.4, 0.5) is 0 Å². The number of likely N-dealkylation sites (N-methyl/N-ethyl adjacent to an activating group) is 1. The SMILES string of the molecule is COC(=O)[C@@]1(C)C[C@@H](C(=O)O)[C@@H](c2ccccc2C)N1C. The maximum absolute atomic E-state index is 12.1. The number of ether oxygens (including phenoxy) is 1. The van der Waals surface area contributed by atoms with Crippen molar-refractivity contribution in [2.75, 3.05) is 14.2 Å². The largest absolute Gasteiger partial charge is 0.481 e. The van der Waals surface area contributed by atoms with Gasteiger partial charge in [0.1, 0.15) is 5.54 Å². The Morgan fingerprint density at radius 2 is 2.00 bits per heavy atom. The molecule has 0 spiro atoms. The molecule has 0 bridgehead atoms. The normalized spacial score (nSPS) is 29.3. The van der Waals surface area contributed by atoms with Crippen LogP contribution < -0.4 is 0 Å². The quantitative estimate of drug-likeness (QED) is 0.863. The first kappa shape index (κ1) is 15.5. The molecule has 114 valence electrons. The van der Waals surface area contributed by atoms with Crippen molar-refractivity contribution >= 4 is 11.9 Å². The fraction of sp³-hybridized carbons (Fsp3) is 0.500. The van der Waals surface area contributed by atoms with Gasteiger partial charge in [0.05, 0.1) is 13.0 Å². The number of methoxy groups -OCH3 is 1. The smallest absolute Gasteiger partial charge is 0.326 e. The number of esters is 1. The van der Waals surface area contributed by atoms with Crippen molar-refractivity contribution in [3.8, 4) is 0 Å². The fourth-order valence-electron chi connectivity index (χ4n) is 3.27. The van der Waals surface area contributed by atoms with Gasteiger partial charge in [-0.1, -0.05) is 24.3 Å². The van der Waals surface area contributed by atoms with Gasteiger partial charge in [-0.15, -0.1) is 0 Å². The maximum Gasteiger partial charge on any atom is 0.326 e. The minimum Gasteiger partial charge on any atom is -0.481 e. The Morgan fingerprint density at radius 1 is 1.38 bits per heavy atom. The molecule has 1 aromatic carbocycles. The summed E-state index contributed by atoms with van der Waals surface area (Å²) in [5, 5.41) is 9.56. The summed E-state index contributed by atoms with van der Waals surface area (Å²) in [6, 6.07) is 7.35. The van der Waals surface area contributed by atoms with E-state index in [0.717, 1.165) is 11.1 Å². The first-order valence-corrected chi connectivity index (χ1v) is 6.92. The molecule has 0 amide bonds. The molecular formula is C16H21NO4. The Hall–Kier alpha value is -1.88. The molecular weight excluding hydrogens is 270 g/mol. The lowest BCUT2D eigenvalue weighted by Gasteiger charge is -2.33. The van der Waals surface area contributed by atoms with Crippen LogP contribution in [0.15, 0.2) is 24.3 Å². The number of aryl methyl sites for hydroxylation is 1. The summed E-state index contributed by atoms with van der Waals surface area (Å²) in [5.74, 6) is -1.92. The third-order valence-corrected chi connectivity index (χ3v) is 4.64. The summed E-state index contributed by atoms with van der Waals surface area (Å²) in [4.78, 5) is 25.6. The van der Waals surface area contributed by atoms with Gasteiger partial charge in [0.25, 0.3) is 0 Å². The number of likely N-dealkylation sites (tertiary alicyclic amines) is 1. The molecule has 1 fully saturated rings. The number of carbonyl (C=O) groups is 2. The highest BCUT2D eigenvalue weighted by molar-refractivity contribution is 5.83. The highest BCUT2D eigenvalue weighted by Gasteiger charge is 2.55. The van der Waals surface area contributed by atoms with Crippen LogP contribution in [0.2, 0.25) is 0 Å². The van der Waals surface area contributed by atoms with Gasteiger partial charge in [-0.25, -0.2) is 0 Å². The topological polar surface area (TPSA) is 66.8 Å². The molecule has 1 heterocycles. The van der Waals surface area contributed by atoms with Gasteiger partial charge in [-0.3, -0.25) is 14.5 Å². The summed E-state index contributed by atoms with van der Waals surface area (Å²) in [5.41, 5.74) is 1.04. The third kappa shape index (κ3) is 2.42. The first-order valence-electron chi connectivity index (χ1n) is 6.92. The van der Waals surface area contributed by atoms with Gasteiger partial charge in [-0.05, 0) is 38.4 Å². The molecule has 1 saturated heterocycles. The molecule has 0 aromatic heterocycles. The van der Waals surface area contributed by atoms with E-state index >= 15 is 0 Å². The van der Waals surface area contributed by atoms with Crippen LogP contribution in [0.1, 0.15) is 30.5 Å². The summed E-state index contributed by atoms with van der Waals surface area (Å²) in [6.07, 6.45) is 0.241. The van der Waals surface area contributed by atoms with Crippen LogP contribution in [0.3, 0.4) is 0 Å². The van der Waals surface area contributed by atoms with Gasteiger partial charge in [0.2, 0.25) is 0 Å². The van der Waals surface area contributed by atoms with E-state index < -0.39 is 23.4 Å². The number of carbonyl (C=O) groups excluding carboxylic acids is 1. The second-order valence-electron chi connectivity index (χ2n) is 5.83. The van der Waals surface area contributed by atoms with Crippen molar-refractivity contribution < 1.29 is 19.4 Å². The summed E-state index contributed by atoms with van der Waals surface area (Å²) in [6.45, 7) is 3.70. The third-order valence-electron chi connectivity index (χ3n) is 4.64. The number of nitrogens with zero attached hydrogens (tertiary/aromatic N) is 1. The molecule has 0 saturated carbocycles. The fourth-order valence-corrected chi connectivity index (χ4v) is 3.27. The van der Waals surface area contributed by atoms with Crippen molar-refractivity contribution in [1.29, 1.82) is 0 Å². The van der Waals surface area contributed by atoms with E-state index in [-0.39, 0.29) is 12.5 Å². The van der Waals surface area contributed by atoms with E-state index in [2.05, 4.69) is 0 Å². The van der Waals surface area contributed by atoms with Crippen molar-refractivity contribution in [3.05, 3.63) is 35.4 Å². The Bertz CT molecular complexity index is 571. The molecule has 1 N–H and O–H groups in total. The van der Waals surface area contributed by atoms with Crippen LogP contribution in [-0.4, -0.2) is 41.6 Å². The molecule has 5 heteroatoms. The average molecular weight is 291 g/mol. The molecule has 1 aromatic rings. The van der Waals surface area contributed by atoms with E-state index in [4.69, 9.17) is 4.74 Å². The second kappa shape index (κ2) is 5.48. The lowest BCUT2D eigenvalue weighted by molar-refractivity contribution is -0.152. The van der Waals surface area contributed by atoms with Gasteiger partial charge in [0, 0.05) is 6.04 Å². The van der Waals surface area contributed by atoms with Crippen LogP contribution >= 0.6 is 0 Å². The number of hydrogen-bond donors (Lipinski definition) is 1. The molecule has 21 heavy (non-hydrogen) atoms. The summed E-state index contributed by atoms with van der Waals surface area (Å²) < 4.78 is 4.88. The molecule has 5 nitrogen and oxygen atoms in total. The molecule has 0 unspecified atom stereocenters. The van der Waals surface area contributed by atoms with Crippen LogP contribution in [0.25, 0.3) is 0 Å². The zero-order valence-electron chi connectivity index (χ0n) is 12.8. The molecule has 1 aliphatic heterocycles. The van der Waals surface area contributed by atoms with E-state index in [1.165, 1.54) is 7.11 Å². The molecule has 0 radical (unpaired) electrons. The molecule has 2 rings (SSSR count). The van der Waals surface area contributed by atoms with E-state index in [1.54, 1.807) is 14.0 Å². The standard InChI is InChI=1S/C16H21NO4/c1-10-7-5-6-8-11(10)13-12(14(18)19)9-16(2,17(13)3)15(20)21-4/h5-8,12-13H,9H2,1-4H3,(H,18,19)/t12-,13-,16-/m1/s1. The van der Waals surface area contributed by atoms with Gasteiger partial charge < -0.3 is 9.84 Å². The Balaban J connectivity index is 2.50. The van der Waals surface area contributed by atoms with E-state index in [1.807, 2.05) is 36.1 Å². The van der Waals surface area contributed by atoms with Gasteiger partial charge in [0.15, 0.2) is 0 Å². The van der Waals surface area contributed by atoms with Crippen molar-refractivity contribution in [2.24, 2.45) is 5.92 Å². The number of hydrogen-bond acceptors (Lipinski definition) is 4. The highest BCUT2D eigenvalue weighted by atomic mass is 16.5. The number of carboxylic acid groups (broad SMARTS) is 1. The van der Waals surface area contributed by atoms with Crippen molar-refractivity contribution in [1.82, 2.24) is 4.90 Å². The molecule has 1 aliphatic rings. The number of rotatable bonds is 3. The van der Waals surface area contributed by atoms with Gasteiger partial charge >= 0.3 is 11.9 Å². The van der Waals surface area contributed by atoms with E-state index in [9.17, 15) is 14.7 Å². The Morgan fingerprint density at radius 3 is 2.52 bits per heavy atom. The van der Waals surface area contributed by atoms with Crippen LogP contribution in [-0.2, 0) is 14.3 Å². The number of aliphatic carboxylic acids is 1. The Labute approximate surface area is 124 Å². The molecule has 3 atom stereocenters. The summed E-state index contributed by atoms with van der Waals surface area (Å²) >= 11 is 0. The lowest BCUT2D eigenvalue weighted by Crippen LogP contribution is -2.47. The second-order valence-corrected chi connectivity index (χ2v) is 5.83. The average Bonchev–Trinajstić information content (AvgIpc) is 2.73. The zero-order valence-corrected chi connectivity index (χ0v) is 12.8. The number of carboxylic acids is 1. The monoisotopic (exact) mass is 291 g/mol. The van der Waals surface area contributed by atoms with Crippen molar-refractivity contribution in [3.63, 3.8) is 0 Å². The minimum absolute atomic E-state index is 0.241. The zero-order chi connectivity index (χ0) is 15.8. The summed E-state index contributed by atoms with van der Waals surface area (Å²) in [7, 11) is 3.12. The predicted octanol–water partition coefficient (Wildman–Crippen LogP) is 2.00. The van der Waals surface area contributed by atoms with Gasteiger partial charge in [-0.2, -0.15) is 0 Å². The highest BCUT2D eigenvalue weighted by Crippen LogP contribution is 2.46. The lowest BCUT2D eigenvalue weighted by atomic mass is 9.89.